The highest BCUT2D eigenvalue weighted by Crippen LogP contribution is 2.24. The van der Waals surface area contributed by atoms with Crippen molar-refractivity contribution in [2.45, 2.75) is 17.7 Å². The van der Waals surface area contributed by atoms with Gasteiger partial charge in [-0.2, -0.15) is 0 Å². The Balaban J connectivity index is 1.27. The molecule has 10 heteroatoms. The van der Waals surface area contributed by atoms with Crippen LogP contribution in [0.1, 0.15) is 23.2 Å². The minimum absolute atomic E-state index is 0.0274. The van der Waals surface area contributed by atoms with Crippen molar-refractivity contribution in [1.29, 1.82) is 0 Å². The van der Waals surface area contributed by atoms with E-state index < -0.39 is 10.0 Å². The van der Waals surface area contributed by atoms with E-state index in [4.69, 9.17) is 9.88 Å². The molecule has 0 aromatic heterocycles. The van der Waals surface area contributed by atoms with Crippen LogP contribution in [0, 0.1) is 5.92 Å². The fraction of sp³-hybridized carbons (Fsp3) is 0.417. The fourth-order valence-electron chi connectivity index (χ4n) is 4.54. The molecule has 2 aliphatic heterocycles. The van der Waals surface area contributed by atoms with E-state index in [-0.39, 0.29) is 22.6 Å². The van der Waals surface area contributed by atoms with Gasteiger partial charge >= 0.3 is 0 Å². The minimum Gasteiger partial charge on any atom is -0.497 e. The Morgan fingerprint density at radius 3 is 1.97 bits per heavy atom. The number of nitrogens with zero attached hydrogens (tertiary/aromatic N) is 3. The van der Waals surface area contributed by atoms with Crippen molar-refractivity contribution in [2.24, 2.45) is 11.1 Å². The lowest BCUT2D eigenvalue weighted by atomic mass is 9.94. The number of carbonyl (C=O) groups is 2. The van der Waals surface area contributed by atoms with E-state index in [9.17, 15) is 18.0 Å². The SMILES string of the molecule is COc1ccc(N2CCN(C(=O)C3CCN(C(=O)c4ccc(S(N)(=O)=O)cc4)CC3)CC2)cc1. The zero-order chi connectivity index (χ0) is 24.3. The number of piperazine rings is 1. The van der Waals surface area contributed by atoms with Gasteiger partial charge in [-0.25, -0.2) is 13.6 Å². The smallest absolute Gasteiger partial charge is 0.253 e. The molecule has 0 unspecified atom stereocenters. The molecule has 0 bridgehead atoms. The Kier molecular flexibility index (Phi) is 7.08. The molecule has 2 fully saturated rings. The van der Waals surface area contributed by atoms with Crippen LogP contribution in [-0.4, -0.2) is 76.4 Å². The largest absolute Gasteiger partial charge is 0.497 e. The van der Waals surface area contributed by atoms with Crippen LogP contribution in [0.4, 0.5) is 5.69 Å². The van der Waals surface area contributed by atoms with E-state index in [1.54, 1.807) is 12.0 Å². The summed E-state index contributed by atoms with van der Waals surface area (Å²) in [6.45, 7) is 3.92. The van der Waals surface area contributed by atoms with Gasteiger partial charge < -0.3 is 19.4 Å². The second kappa shape index (κ2) is 10.0. The number of carbonyl (C=O) groups excluding carboxylic acids is 2. The molecule has 0 atom stereocenters. The summed E-state index contributed by atoms with van der Waals surface area (Å²) in [7, 11) is -2.15. The van der Waals surface area contributed by atoms with E-state index in [2.05, 4.69) is 4.90 Å². The Morgan fingerprint density at radius 2 is 1.44 bits per heavy atom. The summed E-state index contributed by atoms with van der Waals surface area (Å²) in [5, 5.41) is 5.11. The lowest BCUT2D eigenvalue weighted by Gasteiger charge is -2.39. The van der Waals surface area contributed by atoms with Crippen LogP contribution in [0.5, 0.6) is 5.75 Å². The molecule has 0 saturated carbocycles. The number of hydrogen-bond donors (Lipinski definition) is 1. The summed E-state index contributed by atoms with van der Waals surface area (Å²) >= 11 is 0. The molecule has 0 aliphatic carbocycles. The normalized spacial score (nSPS) is 17.5. The van der Waals surface area contributed by atoms with Crippen LogP contribution in [0.2, 0.25) is 0 Å². The predicted molar refractivity (Wildman–Crippen MR) is 128 cm³/mol. The second-order valence-electron chi connectivity index (χ2n) is 8.65. The number of likely N-dealkylation sites (tertiary alicyclic amines) is 1. The summed E-state index contributed by atoms with van der Waals surface area (Å²) < 4.78 is 28.0. The van der Waals surface area contributed by atoms with Crippen LogP contribution in [0.3, 0.4) is 0 Å². The van der Waals surface area contributed by atoms with Gasteiger partial charge in [0.25, 0.3) is 5.91 Å². The molecule has 4 rings (SSSR count). The van der Waals surface area contributed by atoms with Crippen molar-refractivity contribution in [3.63, 3.8) is 0 Å². The first-order valence-electron chi connectivity index (χ1n) is 11.4. The molecule has 2 N–H and O–H groups in total. The third-order valence-corrected chi connectivity index (χ3v) is 7.52. The number of primary sulfonamides is 1. The quantitative estimate of drug-likeness (QED) is 0.686. The van der Waals surface area contributed by atoms with Gasteiger partial charge in [-0.15, -0.1) is 0 Å². The van der Waals surface area contributed by atoms with Crippen LogP contribution in [0.25, 0.3) is 0 Å². The van der Waals surface area contributed by atoms with Gasteiger partial charge in [0, 0.05) is 56.4 Å². The highest BCUT2D eigenvalue weighted by Gasteiger charge is 2.32. The first kappa shape index (κ1) is 24.0. The number of anilines is 1. The van der Waals surface area contributed by atoms with Gasteiger partial charge in [0.1, 0.15) is 5.75 Å². The molecule has 2 amide bonds. The average Bonchev–Trinajstić information content (AvgIpc) is 2.87. The lowest BCUT2D eigenvalue weighted by molar-refractivity contribution is -0.137. The highest BCUT2D eigenvalue weighted by molar-refractivity contribution is 7.89. The zero-order valence-corrected chi connectivity index (χ0v) is 20.0. The van der Waals surface area contributed by atoms with E-state index in [0.29, 0.717) is 44.6 Å². The van der Waals surface area contributed by atoms with E-state index >= 15 is 0 Å². The minimum atomic E-state index is -3.80. The third kappa shape index (κ3) is 5.34. The fourth-order valence-corrected chi connectivity index (χ4v) is 5.05. The van der Waals surface area contributed by atoms with Gasteiger partial charge in [-0.1, -0.05) is 0 Å². The number of piperidine rings is 1. The number of nitrogens with two attached hydrogens (primary N) is 1. The lowest BCUT2D eigenvalue weighted by Crippen LogP contribution is -2.52. The van der Waals surface area contributed by atoms with Crippen molar-refractivity contribution < 1.29 is 22.7 Å². The van der Waals surface area contributed by atoms with E-state index in [1.807, 2.05) is 29.2 Å². The maximum Gasteiger partial charge on any atom is 0.253 e. The average molecular weight is 487 g/mol. The third-order valence-electron chi connectivity index (χ3n) is 6.59. The molecule has 0 spiro atoms. The van der Waals surface area contributed by atoms with Gasteiger partial charge in [-0.3, -0.25) is 9.59 Å². The molecule has 2 aliphatic rings. The molecule has 0 radical (unpaired) electrons. The first-order chi connectivity index (χ1) is 16.3. The molecule has 2 aromatic rings. The summed E-state index contributed by atoms with van der Waals surface area (Å²) in [4.78, 5) is 31.8. The highest BCUT2D eigenvalue weighted by atomic mass is 32.2. The van der Waals surface area contributed by atoms with Crippen LogP contribution >= 0.6 is 0 Å². The summed E-state index contributed by atoms with van der Waals surface area (Å²) in [6.07, 6.45) is 1.25. The molecule has 2 heterocycles. The molecule has 2 saturated heterocycles. The molecule has 34 heavy (non-hydrogen) atoms. The Bertz CT molecular complexity index is 1120. The molecule has 182 valence electrons. The number of benzene rings is 2. The van der Waals surface area contributed by atoms with Gasteiger partial charge in [-0.05, 0) is 61.4 Å². The van der Waals surface area contributed by atoms with Crippen LogP contribution in [0.15, 0.2) is 53.4 Å². The maximum atomic E-state index is 13.1. The van der Waals surface area contributed by atoms with E-state index in [0.717, 1.165) is 24.5 Å². The zero-order valence-electron chi connectivity index (χ0n) is 19.2. The van der Waals surface area contributed by atoms with E-state index in [1.165, 1.54) is 24.3 Å². The topological polar surface area (TPSA) is 113 Å². The van der Waals surface area contributed by atoms with Gasteiger partial charge in [0.15, 0.2) is 0 Å². The standard InChI is InChI=1S/C24H30N4O5S/c1-33-21-6-4-20(5-7-21)26-14-16-28(17-15-26)24(30)19-10-12-27(13-11-19)23(29)18-2-8-22(9-3-18)34(25,31)32/h2-9,19H,10-17H2,1H3,(H2,25,31,32). The summed E-state index contributed by atoms with van der Waals surface area (Å²) in [6, 6.07) is 13.6. The molecular weight excluding hydrogens is 456 g/mol. The van der Waals surface area contributed by atoms with Crippen molar-refractivity contribution in [3.05, 3.63) is 54.1 Å². The summed E-state index contributed by atoms with van der Waals surface area (Å²) in [5.74, 6) is 0.739. The van der Waals surface area contributed by atoms with Crippen molar-refractivity contribution in [2.75, 3.05) is 51.3 Å². The van der Waals surface area contributed by atoms with Crippen molar-refractivity contribution >= 4 is 27.5 Å². The molecule has 9 nitrogen and oxygen atoms in total. The molecular formula is C24H30N4O5S. The Labute approximate surface area is 200 Å². The Morgan fingerprint density at radius 1 is 0.853 bits per heavy atom. The number of ether oxygens (including phenoxy) is 1. The van der Waals surface area contributed by atoms with Gasteiger partial charge in [0.2, 0.25) is 15.9 Å². The van der Waals surface area contributed by atoms with Crippen LogP contribution < -0.4 is 14.8 Å². The Hall–Kier alpha value is -3.11. The van der Waals surface area contributed by atoms with Crippen LogP contribution in [-0.2, 0) is 14.8 Å². The first-order valence-corrected chi connectivity index (χ1v) is 12.9. The number of rotatable bonds is 5. The number of hydrogen-bond acceptors (Lipinski definition) is 6. The maximum absolute atomic E-state index is 13.1. The second-order valence-corrected chi connectivity index (χ2v) is 10.2. The predicted octanol–water partition coefficient (Wildman–Crippen LogP) is 1.54. The summed E-state index contributed by atoms with van der Waals surface area (Å²) in [5.41, 5.74) is 1.53. The monoisotopic (exact) mass is 486 g/mol. The van der Waals surface area contributed by atoms with Crippen molar-refractivity contribution in [3.8, 4) is 5.75 Å². The van der Waals surface area contributed by atoms with Crippen molar-refractivity contribution in [1.82, 2.24) is 9.80 Å². The number of amides is 2. The van der Waals surface area contributed by atoms with Gasteiger partial charge in [0.05, 0.1) is 12.0 Å². The number of sulfonamides is 1. The number of methoxy groups -OCH3 is 1. The molecule has 2 aromatic carbocycles.